The smallest absolute Gasteiger partial charge is 0.141 e. The van der Waals surface area contributed by atoms with E-state index in [4.69, 9.17) is 0 Å². The highest BCUT2D eigenvalue weighted by Gasteiger charge is 2.09. The fraction of sp³-hybridized carbons (Fsp3) is 0.0625. The second-order valence-corrected chi connectivity index (χ2v) is 4.53. The molecule has 3 radical (unpaired) electrons. The molecule has 0 amide bonds. The number of rotatable bonds is 1. The minimum atomic E-state index is 0. The van der Waals surface area contributed by atoms with Crippen LogP contribution in [0.1, 0.15) is 5.69 Å². The molecular weight excluding hydrogens is 265 g/mol. The van der Waals surface area contributed by atoms with Crippen LogP contribution in [0.5, 0.6) is 11.5 Å². The Labute approximate surface area is 127 Å². The minimum Gasteiger partial charge on any atom is -0.508 e. The van der Waals surface area contributed by atoms with Crippen molar-refractivity contribution in [1.82, 2.24) is 4.98 Å². The number of pyridine rings is 1. The molecule has 1 aromatic heterocycles. The van der Waals surface area contributed by atoms with Crippen molar-refractivity contribution in [2.24, 2.45) is 0 Å². The van der Waals surface area contributed by atoms with Gasteiger partial charge >= 0.3 is 0 Å². The Bertz CT molecular complexity index is 754. The van der Waals surface area contributed by atoms with Crippen molar-refractivity contribution in [3.8, 4) is 22.6 Å². The molecule has 1 heterocycles. The van der Waals surface area contributed by atoms with Crippen LogP contribution in [-0.4, -0.2) is 32.6 Å². The van der Waals surface area contributed by atoms with Gasteiger partial charge in [0, 0.05) is 28.4 Å². The zero-order chi connectivity index (χ0) is 13.4. The Balaban J connectivity index is 0.00000147. The van der Waals surface area contributed by atoms with E-state index in [0.717, 1.165) is 22.2 Å². The van der Waals surface area contributed by atoms with Crippen LogP contribution in [0.2, 0.25) is 0 Å². The van der Waals surface area contributed by atoms with E-state index in [9.17, 15) is 10.2 Å². The van der Waals surface area contributed by atoms with Crippen molar-refractivity contribution in [2.45, 2.75) is 6.92 Å². The summed E-state index contributed by atoms with van der Waals surface area (Å²) in [5.41, 5.74) is 3.43. The Morgan fingerprint density at radius 2 is 1.65 bits per heavy atom. The van der Waals surface area contributed by atoms with Crippen LogP contribution in [0.25, 0.3) is 22.0 Å². The molecule has 0 saturated carbocycles. The van der Waals surface area contributed by atoms with Gasteiger partial charge in [-0.1, -0.05) is 24.3 Å². The third kappa shape index (κ3) is 2.49. The Kier molecular flexibility index (Phi) is 3.99. The van der Waals surface area contributed by atoms with Crippen molar-refractivity contribution in [2.75, 3.05) is 0 Å². The summed E-state index contributed by atoms with van der Waals surface area (Å²) in [6.07, 6.45) is 0. The maximum absolute atomic E-state index is 9.91. The van der Waals surface area contributed by atoms with Crippen molar-refractivity contribution in [3.05, 3.63) is 54.2 Å². The lowest BCUT2D eigenvalue weighted by molar-refractivity contribution is 0.475. The number of benzene rings is 2. The van der Waals surface area contributed by atoms with E-state index in [1.165, 1.54) is 0 Å². The Morgan fingerprint density at radius 1 is 0.950 bits per heavy atom. The summed E-state index contributed by atoms with van der Waals surface area (Å²) in [7, 11) is 0. The van der Waals surface area contributed by atoms with E-state index in [-0.39, 0.29) is 28.9 Å². The first-order valence-electron chi connectivity index (χ1n) is 6.04. The second-order valence-electron chi connectivity index (χ2n) is 4.53. The van der Waals surface area contributed by atoms with Gasteiger partial charge in [-0.25, -0.2) is 4.98 Å². The minimum absolute atomic E-state index is 0. The van der Waals surface area contributed by atoms with Gasteiger partial charge in [0.15, 0.2) is 0 Å². The average molecular weight is 278 g/mol. The van der Waals surface area contributed by atoms with Gasteiger partial charge in [-0.15, -0.1) is 0 Å². The molecule has 3 rings (SSSR count). The number of hydrogen-bond acceptors (Lipinski definition) is 3. The molecule has 0 atom stereocenters. The van der Waals surface area contributed by atoms with Gasteiger partial charge < -0.3 is 10.2 Å². The molecule has 0 spiro atoms. The monoisotopic (exact) mass is 278 g/mol. The Hall–Kier alpha value is -2.02. The van der Waals surface area contributed by atoms with Gasteiger partial charge in [0.25, 0.3) is 0 Å². The molecule has 0 aliphatic rings. The SMILES string of the molecule is Cc1cc(-c2ccc(O)cc2)c2cccc(O)c2n1.[Al]. The largest absolute Gasteiger partial charge is 0.508 e. The van der Waals surface area contributed by atoms with Gasteiger partial charge in [-0.05, 0) is 42.3 Å². The standard InChI is InChI=1S/C16H13NO2.Al/c1-10-9-14(11-5-7-12(18)8-6-11)13-3-2-4-15(19)16(13)17-10;/h2-9,18-19H,1H3;. The zero-order valence-electron chi connectivity index (χ0n) is 11.0. The number of aryl methyl sites for hydroxylation is 1. The van der Waals surface area contributed by atoms with E-state index in [1.807, 2.05) is 31.2 Å². The third-order valence-electron chi connectivity index (χ3n) is 3.12. The molecule has 0 unspecified atom stereocenters. The first kappa shape index (κ1) is 14.4. The molecule has 3 aromatic rings. The maximum atomic E-state index is 9.91. The van der Waals surface area contributed by atoms with Crippen LogP contribution in [0.15, 0.2) is 48.5 Å². The molecule has 20 heavy (non-hydrogen) atoms. The predicted octanol–water partition coefficient (Wildman–Crippen LogP) is 3.24. The molecule has 2 N–H and O–H groups in total. The van der Waals surface area contributed by atoms with Crippen LogP contribution in [0.4, 0.5) is 0 Å². The second kappa shape index (κ2) is 5.54. The number of para-hydroxylation sites is 1. The molecule has 0 aliphatic carbocycles. The van der Waals surface area contributed by atoms with Gasteiger partial charge in [-0.2, -0.15) is 0 Å². The topological polar surface area (TPSA) is 53.4 Å². The van der Waals surface area contributed by atoms with Crippen LogP contribution in [0, 0.1) is 6.92 Å². The predicted molar refractivity (Wildman–Crippen MR) is 81.0 cm³/mol. The summed E-state index contributed by atoms with van der Waals surface area (Å²) in [5.74, 6) is 0.419. The molecule has 97 valence electrons. The molecule has 4 heteroatoms. The Morgan fingerprint density at radius 3 is 2.35 bits per heavy atom. The number of aromatic nitrogens is 1. The fourth-order valence-corrected chi connectivity index (χ4v) is 2.24. The van der Waals surface area contributed by atoms with Crippen LogP contribution < -0.4 is 0 Å². The van der Waals surface area contributed by atoms with Crippen molar-refractivity contribution in [3.63, 3.8) is 0 Å². The quantitative estimate of drug-likeness (QED) is 0.672. The zero-order valence-corrected chi connectivity index (χ0v) is 12.2. The first-order valence-corrected chi connectivity index (χ1v) is 6.04. The van der Waals surface area contributed by atoms with Crippen LogP contribution in [-0.2, 0) is 0 Å². The van der Waals surface area contributed by atoms with Gasteiger partial charge in [0.1, 0.15) is 17.0 Å². The summed E-state index contributed by atoms with van der Waals surface area (Å²) in [6.45, 7) is 1.90. The number of aromatic hydroxyl groups is 2. The molecule has 2 aromatic carbocycles. The average Bonchev–Trinajstić information content (AvgIpc) is 2.40. The van der Waals surface area contributed by atoms with Gasteiger partial charge in [0.05, 0.1) is 0 Å². The third-order valence-corrected chi connectivity index (χ3v) is 3.12. The molecule has 0 bridgehead atoms. The highest BCUT2D eigenvalue weighted by molar-refractivity contribution is 5.97. The first-order chi connectivity index (χ1) is 9.15. The summed E-state index contributed by atoms with van der Waals surface area (Å²) in [6, 6.07) is 14.4. The molecule has 3 nitrogen and oxygen atoms in total. The number of phenols is 2. The normalized spacial score (nSPS) is 10.2. The molecule has 0 aliphatic heterocycles. The lowest BCUT2D eigenvalue weighted by atomic mass is 10.00. The van der Waals surface area contributed by atoms with Crippen molar-refractivity contribution < 1.29 is 10.2 Å². The van der Waals surface area contributed by atoms with Gasteiger partial charge in [-0.3, -0.25) is 0 Å². The van der Waals surface area contributed by atoms with Crippen molar-refractivity contribution in [1.29, 1.82) is 0 Å². The lowest BCUT2D eigenvalue weighted by Crippen LogP contribution is -1.88. The van der Waals surface area contributed by atoms with Crippen molar-refractivity contribution >= 4 is 28.3 Å². The van der Waals surface area contributed by atoms with E-state index in [1.54, 1.807) is 24.3 Å². The van der Waals surface area contributed by atoms with Gasteiger partial charge in [0.2, 0.25) is 0 Å². The van der Waals surface area contributed by atoms with E-state index >= 15 is 0 Å². The number of fused-ring (bicyclic) bond motifs is 1. The molecule has 0 saturated heterocycles. The van der Waals surface area contributed by atoms with Crippen LogP contribution >= 0.6 is 0 Å². The number of phenolic OH excluding ortho intramolecular Hbond substituents is 2. The summed E-state index contributed by atoms with van der Waals surface area (Å²) >= 11 is 0. The van der Waals surface area contributed by atoms with Crippen LogP contribution in [0.3, 0.4) is 0 Å². The van der Waals surface area contributed by atoms with E-state index in [0.29, 0.717) is 5.52 Å². The van der Waals surface area contributed by atoms with E-state index in [2.05, 4.69) is 4.98 Å². The summed E-state index contributed by atoms with van der Waals surface area (Å²) < 4.78 is 0. The molecule has 0 fully saturated rings. The highest BCUT2D eigenvalue weighted by atomic mass is 27.0. The summed E-state index contributed by atoms with van der Waals surface area (Å²) in [5, 5.41) is 20.2. The lowest BCUT2D eigenvalue weighted by Gasteiger charge is -2.09. The summed E-state index contributed by atoms with van der Waals surface area (Å²) in [4.78, 5) is 4.38. The number of hydrogen-bond donors (Lipinski definition) is 2. The fourth-order valence-electron chi connectivity index (χ4n) is 2.24. The maximum Gasteiger partial charge on any atom is 0.141 e. The highest BCUT2D eigenvalue weighted by Crippen LogP contribution is 2.33. The number of nitrogens with zero attached hydrogens (tertiary/aromatic N) is 1. The molecular formula is C16H13AlNO2. The van der Waals surface area contributed by atoms with E-state index < -0.39 is 0 Å².